The van der Waals surface area contributed by atoms with Crippen molar-refractivity contribution in [2.75, 3.05) is 4.90 Å². The lowest BCUT2D eigenvalue weighted by Crippen LogP contribution is -2.41. The van der Waals surface area contributed by atoms with E-state index in [-0.39, 0.29) is 17.9 Å². The van der Waals surface area contributed by atoms with Gasteiger partial charge in [-0.05, 0) is 25.0 Å². The number of amides is 1. The maximum Gasteiger partial charge on any atom is 0.225 e. The first-order valence-electron chi connectivity index (χ1n) is 6.69. The van der Waals surface area contributed by atoms with Gasteiger partial charge in [0.2, 0.25) is 5.91 Å². The van der Waals surface area contributed by atoms with E-state index in [9.17, 15) is 4.79 Å². The van der Waals surface area contributed by atoms with Crippen molar-refractivity contribution in [2.45, 2.75) is 31.8 Å². The summed E-state index contributed by atoms with van der Waals surface area (Å²) in [6.45, 7) is 2.67. The first-order valence-corrected chi connectivity index (χ1v) is 7.84. The predicted octanol–water partition coefficient (Wildman–Crippen LogP) is 2.56. The Kier molecular flexibility index (Phi) is 3.82. The minimum atomic E-state index is -0.276. The zero-order chi connectivity index (χ0) is 15.0. The second-order valence-electron chi connectivity index (χ2n) is 5.22. The van der Waals surface area contributed by atoms with Crippen LogP contribution in [0.25, 0.3) is 0 Å². The molecular formula is C14H15ClN4OS. The molecule has 0 aliphatic carbocycles. The summed E-state index contributed by atoms with van der Waals surface area (Å²) in [4.78, 5) is 13.9. The molecule has 0 radical (unpaired) electrons. The molecule has 7 heteroatoms. The molecule has 0 bridgehead atoms. The van der Waals surface area contributed by atoms with Gasteiger partial charge in [0.05, 0.1) is 12.5 Å². The van der Waals surface area contributed by atoms with Crippen LogP contribution < -0.4 is 10.6 Å². The fourth-order valence-electron chi connectivity index (χ4n) is 2.84. The number of para-hydroxylation sites is 1. The van der Waals surface area contributed by atoms with Gasteiger partial charge in [-0.25, -0.2) is 0 Å². The number of anilines is 1. The molecule has 2 unspecified atom stereocenters. The molecule has 0 saturated heterocycles. The van der Waals surface area contributed by atoms with Crippen LogP contribution in [0.15, 0.2) is 24.3 Å². The summed E-state index contributed by atoms with van der Waals surface area (Å²) in [5.74, 6) is -0.515. The molecule has 2 heterocycles. The van der Waals surface area contributed by atoms with E-state index in [4.69, 9.17) is 17.3 Å². The molecule has 1 amide bonds. The lowest BCUT2D eigenvalue weighted by Gasteiger charge is -2.39. The number of primary amides is 1. The summed E-state index contributed by atoms with van der Waals surface area (Å²) >= 11 is 7.29. The Morgan fingerprint density at radius 3 is 2.95 bits per heavy atom. The Labute approximate surface area is 131 Å². The number of halogens is 1. The number of hydrogen-bond acceptors (Lipinski definition) is 5. The molecule has 0 fully saturated rings. The quantitative estimate of drug-likeness (QED) is 0.942. The van der Waals surface area contributed by atoms with Crippen LogP contribution in [0.4, 0.5) is 5.69 Å². The van der Waals surface area contributed by atoms with Gasteiger partial charge in [0.1, 0.15) is 10.0 Å². The van der Waals surface area contributed by atoms with Gasteiger partial charge < -0.3 is 10.6 Å². The first-order chi connectivity index (χ1) is 10.1. The standard InChI is InChI=1S/C14H15ClN4OS/c1-8-6-10(14(16)20)9-4-2-3-5-12(9)19(8)7-11-13(15)21-18-17-11/h2-5,8,10H,6-7H2,1H3,(H2,16,20). The van der Waals surface area contributed by atoms with E-state index in [1.807, 2.05) is 24.3 Å². The number of nitrogens with two attached hydrogens (primary N) is 1. The van der Waals surface area contributed by atoms with Gasteiger partial charge in [0, 0.05) is 23.3 Å². The topological polar surface area (TPSA) is 72.1 Å². The third-order valence-corrected chi connectivity index (χ3v) is 4.89. The summed E-state index contributed by atoms with van der Waals surface area (Å²) in [6, 6.07) is 8.04. The molecular weight excluding hydrogens is 308 g/mol. The maximum absolute atomic E-state index is 11.7. The fraction of sp³-hybridized carbons (Fsp3) is 0.357. The lowest BCUT2D eigenvalue weighted by molar-refractivity contribution is -0.119. The zero-order valence-electron chi connectivity index (χ0n) is 11.5. The number of fused-ring (bicyclic) bond motifs is 1. The number of aromatic nitrogens is 2. The van der Waals surface area contributed by atoms with Crippen LogP contribution in [-0.4, -0.2) is 21.5 Å². The normalized spacial score (nSPS) is 21.1. The van der Waals surface area contributed by atoms with Gasteiger partial charge in [0.15, 0.2) is 0 Å². The van der Waals surface area contributed by atoms with E-state index in [0.717, 1.165) is 16.9 Å². The highest BCUT2D eigenvalue weighted by atomic mass is 35.5. The minimum absolute atomic E-state index is 0.176. The Morgan fingerprint density at radius 2 is 2.29 bits per heavy atom. The molecule has 0 spiro atoms. The van der Waals surface area contributed by atoms with Crippen LogP contribution >= 0.6 is 23.1 Å². The predicted molar refractivity (Wildman–Crippen MR) is 83.6 cm³/mol. The molecule has 2 atom stereocenters. The van der Waals surface area contributed by atoms with Crippen LogP contribution in [0.3, 0.4) is 0 Å². The molecule has 2 N–H and O–H groups in total. The van der Waals surface area contributed by atoms with Crippen molar-refractivity contribution in [3.63, 3.8) is 0 Å². The number of carbonyl (C=O) groups is 1. The number of hydrogen-bond donors (Lipinski definition) is 1. The van der Waals surface area contributed by atoms with Gasteiger partial charge in [-0.3, -0.25) is 4.79 Å². The summed E-state index contributed by atoms with van der Waals surface area (Å²) in [7, 11) is 0. The second-order valence-corrected chi connectivity index (χ2v) is 6.58. The third kappa shape index (κ3) is 2.61. The Balaban J connectivity index is 1.99. The van der Waals surface area contributed by atoms with Crippen molar-refractivity contribution >= 4 is 34.7 Å². The highest BCUT2D eigenvalue weighted by Crippen LogP contribution is 2.39. The SMILES string of the molecule is CC1CC(C(N)=O)c2ccccc2N1Cc1nnsc1Cl. The maximum atomic E-state index is 11.7. The van der Waals surface area contributed by atoms with Crippen LogP contribution in [0.2, 0.25) is 4.34 Å². The van der Waals surface area contributed by atoms with E-state index >= 15 is 0 Å². The Hall–Kier alpha value is -1.66. The average molecular weight is 323 g/mol. The van der Waals surface area contributed by atoms with Crippen LogP contribution in [0.5, 0.6) is 0 Å². The highest BCUT2D eigenvalue weighted by molar-refractivity contribution is 7.10. The Bertz CT molecular complexity index is 674. The molecule has 2 aromatic rings. The average Bonchev–Trinajstić information content (AvgIpc) is 2.86. The lowest BCUT2D eigenvalue weighted by atomic mass is 9.85. The molecule has 3 rings (SSSR count). The van der Waals surface area contributed by atoms with E-state index in [1.165, 1.54) is 11.5 Å². The second kappa shape index (κ2) is 5.61. The van der Waals surface area contributed by atoms with Crippen LogP contribution in [0, 0.1) is 0 Å². The summed E-state index contributed by atoms with van der Waals surface area (Å²) in [6.07, 6.45) is 0.696. The van der Waals surface area contributed by atoms with Gasteiger partial charge in [0.25, 0.3) is 0 Å². The first kappa shape index (κ1) is 14.3. The van der Waals surface area contributed by atoms with Gasteiger partial charge in [-0.1, -0.05) is 34.3 Å². The summed E-state index contributed by atoms with van der Waals surface area (Å²) in [5.41, 5.74) is 8.31. The van der Waals surface area contributed by atoms with Gasteiger partial charge >= 0.3 is 0 Å². The fourth-order valence-corrected chi connectivity index (χ4v) is 3.45. The van der Waals surface area contributed by atoms with Crippen molar-refractivity contribution in [1.82, 2.24) is 9.59 Å². The molecule has 110 valence electrons. The molecule has 0 saturated carbocycles. The van der Waals surface area contributed by atoms with Gasteiger partial charge in [-0.15, -0.1) is 5.10 Å². The smallest absolute Gasteiger partial charge is 0.225 e. The molecule has 5 nitrogen and oxygen atoms in total. The number of rotatable bonds is 3. The van der Waals surface area contributed by atoms with E-state index in [0.29, 0.717) is 17.3 Å². The molecule has 21 heavy (non-hydrogen) atoms. The third-order valence-electron chi connectivity index (χ3n) is 3.90. The van der Waals surface area contributed by atoms with Crippen molar-refractivity contribution < 1.29 is 4.79 Å². The minimum Gasteiger partial charge on any atom is -0.369 e. The molecule has 1 aromatic heterocycles. The van der Waals surface area contributed by atoms with Gasteiger partial charge in [-0.2, -0.15) is 0 Å². The molecule has 1 aromatic carbocycles. The molecule has 1 aliphatic heterocycles. The molecule has 1 aliphatic rings. The highest BCUT2D eigenvalue weighted by Gasteiger charge is 2.33. The zero-order valence-corrected chi connectivity index (χ0v) is 13.1. The van der Waals surface area contributed by atoms with E-state index in [1.54, 1.807) is 0 Å². The largest absolute Gasteiger partial charge is 0.369 e. The van der Waals surface area contributed by atoms with Crippen LogP contribution in [0.1, 0.15) is 30.5 Å². The monoisotopic (exact) mass is 322 g/mol. The van der Waals surface area contributed by atoms with E-state index in [2.05, 4.69) is 21.4 Å². The summed E-state index contributed by atoms with van der Waals surface area (Å²) < 4.78 is 4.48. The van der Waals surface area contributed by atoms with Crippen molar-refractivity contribution in [3.8, 4) is 0 Å². The summed E-state index contributed by atoms with van der Waals surface area (Å²) in [5, 5.41) is 4.07. The number of carbonyl (C=O) groups excluding carboxylic acids is 1. The number of benzene rings is 1. The van der Waals surface area contributed by atoms with Crippen molar-refractivity contribution in [3.05, 3.63) is 39.9 Å². The number of nitrogens with zero attached hydrogens (tertiary/aromatic N) is 3. The van der Waals surface area contributed by atoms with Crippen LogP contribution in [-0.2, 0) is 11.3 Å². The van der Waals surface area contributed by atoms with E-state index < -0.39 is 0 Å². The van der Waals surface area contributed by atoms with Crippen molar-refractivity contribution in [1.29, 1.82) is 0 Å². The van der Waals surface area contributed by atoms with Crippen molar-refractivity contribution in [2.24, 2.45) is 5.73 Å². The Morgan fingerprint density at radius 1 is 1.52 bits per heavy atom.